The van der Waals surface area contributed by atoms with E-state index in [-0.39, 0.29) is 17.4 Å². The molecule has 2 N–H and O–H groups in total. The second kappa shape index (κ2) is 6.87. The molecule has 11 heteroatoms. The Labute approximate surface area is 139 Å². The molecular formula is C14H14F3N5O3. The average molecular weight is 357 g/mol. The molecule has 134 valence electrons. The van der Waals surface area contributed by atoms with E-state index in [2.05, 4.69) is 20.6 Å². The number of halogens is 3. The Bertz CT molecular complexity index is 771. The molecule has 0 spiro atoms. The smallest absolute Gasteiger partial charge is 0.417 e. The normalized spacial score (nSPS) is 12.9. The molecule has 0 aliphatic heterocycles. The Morgan fingerprint density at radius 3 is 2.44 bits per heavy atom. The first-order valence-electron chi connectivity index (χ1n) is 7.09. The van der Waals surface area contributed by atoms with Gasteiger partial charge >= 0.3 is 12.1 Å². The third kappa shape index (κ3) is 4.31. The lowest BCUT2D eigenvalue weighted by molar-refractivity contribution is -0.140. The first kappa shape index (κ1) is 18.4. The maximum absolute atomic E-state index is 12.5. The van der Waals surface area contributed by atoms with Gasteiger partial charge in [-0.25, -0.2) is 14.5 Å². The second-order valence-electron chi connectivity index (χ2n) is 5.48. The molecule has 0 bridgehead atoms. The van der Waals surface area contributed by atoms with E-state index in [1.165, 1.54) is 0 Å². The molecule has 2 aromatic rings. The minimum atomic E-state index is -4.51. The van der Waals surface area contributed by atoms with Crippen LogP contribution in [0.4, 0.5) is 13.2 Å². The second-order valence-corrected chi connectivity index (χ2v) is 5.48. The van der Waals surface area contributed by atoms with E-state index in [4.69, 9.17) is 5.11 Å². The van der Waals surface area contributed by atoms with Crippen LogP contribution in [0.1, 0.15) is 29.9 Å². The zero-order valence-electron chi connectivity index (χ0n) is 13.2. The maximum atomic E-state index is 12.5. The van der Waals surface area contributed by atoms with Crippen LogP contribution in [0.5, 0.6) is 0 Å². The molecule has 1 amide bonds. The number of carboxylic acids is 1. The van der Waals surface area contributed by atoms with Gasteiger partial charge in [-0.2, -0.15) is 13.2 Å². The van der Waals surface area contributed by atoms with Crippen LogP contribution in [0.2, 0.25) is 0 Å². The zero-order valence-corrected chi connectivity index (χ0v) is 13.2. The molecule has 8 nitrogen and oxygen atoms in total. The fraction of sp³-hybridized carbons (Fsp3) is 0.357. The van der Waals surface area contributed by atoms with Gasteiger partial charge in [0.1, 0.15) is 6.04 Å². The van der Waals surface area contributed by atoms with Crippen molar-refractivity contribution >= 4 is 11.9 Å². The lowest BCUT2D eigenvalue weighted by Crippen LogP contribution is -2.44. The molecule has 0 fully saturated rings. The number of hydrogen-bond acceptors (Lipinski definition) is 5. The number of aromatic nitrogens is 4. The van der Waals surface area contributed by atoms with Crippen molar-refractivity contribution < 1.29 is 27.9 Å². The summed E-state index contributed by atoms with van der Waals surface area (Å²) in [6, 6.07) is 0.790. The van der Waals surface area contributed by atoms with Crippen LogP contribution in [0.15, 0.2) is 24.5 Å². The Kier molecular flexibility index (Phi) is 5.04. The van der Waals surface area contributed by atoms with Gasteiger partial charge in [0, 0.05) is 6.20 Å². The fourth-order valence-corrected chi connectivity index (χ4v) is 1.90. The lowest BCUT2D eigenvalue weighted by Gasteiger charge is -2.16. The SMILES string of the molecule is CC(C)[C@H](NC(=O)c1cn(-c2ccc(C(F)(F)F)cn2)nn1)C(=O)O. The highest BCUT2D eigenvalue weighted by Crippen LogP contribution is 2.28. The summed E-state index contributed by atoms with van der Waals surface area (Å²) in [5.74, 6) is -2.29. The van der Waals surface area contributed by atoms with Gasteiger partial charge in [0.05, 0.1) is 11.8 Å². The number of carbonyl (C=O) groups excluding carboxylic acids is 1. The Balaban J connectivity index is 2.16. The number of nitrogens with zero attached hydrogens (tertiary/aromatic N) is 4. The van der Waals surface area contributed by atoms with E-state index in [0.29, 0.717) is 6.20 Å². The summed E-state index contributed by atoms with van der Waals surface area (Å²) in [5, 5.41) is 18.6. The fourth-order valence-electron chi connectivity index (χ4n) is 1.90. The standard InChI is InChI=1S/C14H14F3N5O3/c1-7(2)11(13(24)25)19-12(23)9-6-22(21-20-9)10-4-3-8(5-18-10)14(15,16)17/h3-7,11H,1-2H3,(H,19,23)(H,24,25)/t11-/m0/s1. The quantitative estimate of drug-likeness (QED) is 0.840. The number of aliphatic carboxylic acids is 1. The molecular weight excluding hydrogens is 343 g/mol. The topological polar surface area (TPSA) is 110 Å². The van der Waals surface area contributed by atoms with Crippen molar-refractivity contribution in [1.82, 2.24) is 25.3 Å². The molecule has 0 radical (unpaired) electrons. The number of nitrogens with one attached hydrogen (secondary N) is 1. The van der Waals surface area contributed by atoms with Crippen molar-refractivity contribution in [2.45, 2.75) is 26.1 Å². The van der Waals surface area contributed by atoms with Crippen LogP contribution in [-0.4, -0.2) is 43.0 Å². The summed E-state index contributed by atoms with van der Waals surface area (Å²) in [4.78, 5) is 26.7. The third-order valence-electron chi connectivity index (χ3n) is 3.26. The van der Waals surface area contributed by atoms with Gasteiger partial charge in [-0.1, -0.05) is 19.1 Å². The molecule has 1 atom stereocenters. The molecule has 25 heavy (non-hydrogen) atoms. The predicted molar refractivity (Wildman–Crippen MR) is 77.9 cm³/mol. The molecule has 0 saturated heterocycles. The summed E-state index contributed by atoms with van der Waals surface area (Å²) >= 11 is 0. The van der Waals surface area contributed by atoms with Gasteiger partial charge in [-0.15, -0.1) is 5.10 Å². The van der Waals surface area contributed by atoms with Crippen molar-refractivity contribution in [2.75, 3.05) is 0 Å². The molecule has 0 unspecified atom stereocenters. The number of rotatable bonds is 5. The van der Waals surface area contributed by atoms with Gasteiger partial charge < -0.3 is 10.4 Å². The molecule has 2 rings (SSSR count). The van der Waals surface area contributed by atoms with Gasteiger partial charge in [0.2, 0.25) is 0 Å². The first-order chi connectivity index (χ1) is 11.6. The van der Waals surface area contributed by atoms with Crippen LogP contribution < -0.4 is 5.32 Å². The monoisotopic (exact) mass is 357 g/mol. The number of alkyl halides is 3. The highest BCUT2D eigenvalue weighted by atomic mass is 19.4. The Morgan fingerprint density at radius 2 is 1.96 bits per heavy atom. The Hall–Kier alpha value is -2.98. The number of amides is 1. The van der Waals surface area contributed by atoms with Crippen LogP contribution in [0, 0.1) is 5.92 Å². The number of hydrogen-bond donors (Lipinski definition) is 2. The molecule has 2 aromatic heterocycles. The molecule has 0 aliphatic rings. The minimum absolute atomic E-state index is 0.0261. The van der Waals surface area contributed by atoms with Gasteiger partial charge in [0.15, 0.2) is 11.5 Å². The van der Waals surface area contributed by atoms with E-state index in [9.17, 15) is 22.8 Å². The summed E-state index contributed by atoms with van der Waals surface area (Å²) in [7, 11) is 0. The summed E-state index contributed by atoms with van der Waals surface area (Å²) < 4.78 is 38.5. The van der Waals surface area contributed by atoms with Crippen molar-refractivity contribution in [3.63, 3.8) is 0 Å². The highest BCUT2D eigenvalue weighted by Gasteiger charge is 2.31. The Morgan fingerprint density at radius 1 is 1.28 bits per heavy atom. The van der Waals surface area contributed by atoms with Crippen molar-refractivity contribution in [2.24, 2.45) is 5.92 Å². The van der Waals surface area contributed by atoms with E-state index in [1.807, 2.05) is 0 Å². The van der Waals surface area contributed by atoms with Crippen molar-refractivity contribution in [3.8, 4) is 5.82 Å². The minimum Gasteiger partial charge on any atom is -0.480 e. The van der Waals surface area contributed by atoms with E-state index in [0.717, 1.165) is 23.0 Å². The van der Waals surface area contributed by atoms with Crippen LogP contribution in [0.3, 0.4) is 0 Å². The van der Waals surface area contributed by atoms with Gasteiger partial charge in [0.25, 0.3) is 5.91 Å². The maximum Gasteiger partial charge on any atom is 0.417 e. The van der Waals surface area contributed by atoms with Crippen LogP contribution in [-0.2, 0) is 11.0 Å². The van der Waals surface area contributed by atoms with Crippen molar-refractivity contribution in [3.05, 3.63) is 35.8 Å². The molecule has 0 aromatic carbocycles. The molecule has 0 saturated carbocycles. The summed E-state index contributed by atoms with van der Waals surface area (Å²) in [6.07, 6.45) is -2.73. The van der Waals surface area contributed by atoms with E-state index in [1.54, 1.807) is 13.8 Å². The number of carboxylic acid groups (broad SMARTS) is 1. The number of pyridine rings is 1. The third-order valence-corrected chi connectivity index (χ3v) is 3.26. The number of carbonyl (C=O) groups is 2. The van der Waals surface area contributed by atoms with Gasteiger partial charge in [-0.05, 0) is 18.1 Å². The highest BCUT2D eigenvalue weighted by molar-refractivity contribution is 5.94. The van der Waals surface area contributed by atoms with Crippen molar-refractivity contribution in [1.29, 1.82) is 0 Å². The predicted octanol–water partition coefficient (Wildman–Crippen LogP) is 1.52. The van der Waals surface area contributed by atoms with E-state index >= 15 is 0 Å². The van der Waals surface area contributed by atoms with Crippen LogP contribution >= 0.6 is 0 Å². The summed E-state index contributed by atoms with van der Waals surface area (Å²) in [5.41, 5.74) is -1.11. The lowest BCUT2D eigenvalue weighted by atomic mass is 10.0. The first-order valence-corrected chi connectivity index (χ1v) is 7.09. The average Bonchev–Trinajstić information content (AvgIpc) is 3.01. The molecule has 2 heterocycles. The van der Waals surface area contributed by atoms with Crippen LogP contribution in [0.25, 0.3) is 5.82 Å². The molecule has 0 aliphatic carbocycles. The largest absolute Gasteiger partial charge is 0.480 e. The summed E-state index contributed by atoms with van der Waals surface area (Å²) in [6.45, 7) is 3.25. The van der Waals surface area contributed by atoms with Gasteiger partial charge in [-0.3, -0.25) is 4.79 Å². The van der Waals surface area contributed by atoms with E-state index < -0.39 is 29.7 Å². The zero-order chi connectivity index (χ0) is 18.8.